The number of fused-ring (bicyclic) bond motifs is 1. The number of rotatable bonds is 1. The van der Waals surface area contributed by atoms with Gasteiger partial charge < -0.3 is 9.47 Å². The largest absolute Gasteiger partial charge is 0.375 e. The summed E-state index contributed by atoms with van der Waals surface area (Å²) in [4.78, 5) is 0. The van der Waals surface area contributed by atoms with Crippen LogP contribution in [0.1, 0.15) is 34.6 Å². The van der Waals surface area contributed by atoms with Crippen LogP contribution < -0.4 is 0 Å². The maximum atomic E-state index is 5.98. The average molecular weight is 244 g/mol. The minimum absolute atomic E-state index is 0.0216. The molecule has 3 unspecified atom stereocenters. The van der Waals surface area contributed by atoms with E-state index in [0.29, 0.717) is 11.8 Å². The molecule has 2 aliphatic heterocycles. The van der Waals surface area contributed by atoms with Crippen molar-refractivity contribution in [3.63, 3.8) is 0 Å². The van der Waals surface area contributed by atoms with E-state index >= 15 is 0 Å². The molecule has 0 aromatic rings. The second-order valence-corrected chi connectivity index (χ2v) is 7.98. The summed E-state index contributed by atoms with van der Waals surface area (Å²) < 4.78 is 11.9. The molecule has 0 spiro atoms. The summed E-state index contributed by atoms with van der Waals surface area (Å²) in [6.45, 7) is 12.7. The van der Waals surface area contributed by atoms with Crippen LogP contribution in [0.15, 0.2) is 0 Å². The van der Waals surface area contributed by atoms with E-state index in [9.17, 15) is 0 Å². The van der Waals surface area contributed by atoms with Crippen LogP contribution in [0.3, 0.4) is 0 Å². The number of hydrogen-bond donors (Lipinski definition) is 1. The van der Waals surface area contributed by atoms with Crippen LogP contribution in [0.4, 0.5) is 0 Å². The first-order chi connectivity index (χ1) is 7.21. The van der Waals surface area contributed by atoms with Crippen molar-refractivity contribution in [2.45, 2.75) is 51.6 Å². The summed E-state index contributed by atoms with van der Waals surface area (Å²) in [5.41, 5.74) is 0.259. The van der Waals surface area contributed by atoms with Crippen LogP contribution >= 0.6 is 12.6 Å². The van der Waals surface area contributed by atoms with E-state index in [4.69, 9.17) is 9.47 Å². The van der Waals surface area contributed by atoms with E-state index in [2.05, 4.69) is 47.2 Å². The Hall–Kier alpha value is 0.270. The van der Waals surface area contributed by atoms with Gasteiger partial charge in [0.2, 0.25) is 0 Å². The highest BCUT2D eigenvalue weighted by Gasteiger charge is 2.53. The fourth-order valence-corrected chi connectivity index (χ4v) is 3.07. The zero-order chi connectivity index (χ0) is 12.1. The topological polar surface area (TPSA) is 18.5 Å². The molecule has 0 N–H and O–H groups in total. The molecule has 94 valence electrons. The van der Waals surface area contributed by atoms with Gasteiger partial charge in [0.05, 0.1) is 25.4 Å². The predicted octanol–water partition coefficient (Wildman–Crippen LogP) is 2.77. The third kappa shape index (κ3) is 2.14. The van der Waals surface area contributed by atoms with Gasteiger partial charge in [0.15, 0.2) is 0 Å². The summed E-state index contributed by atoms with van der Waals surface area (Å²) in [5, 5.41) is 0. The van der Waals surface area contributed by atoms with Crippen LogP contribution in [0.5, 0.6) is 0 Å². The Morgan fingerprint density at radius 3 is 1.75 bits per heavy atom. The van der Waals surface area contributed by atoms with Gasteiger partial charge in [0, 0.05) is 16.6 Å². The van der Waals surface area contributed by atoms with E-state index in [1.54, 1.807) is 0 Å². The van der Waals surface area contributed by atoms with Crippen molar-refractivity contribution in [1.29, 1.82) is 0 Å². The smallest absolute Gasteiger partial charge is 0.0903 e. The molecular formula is C13H24O2S. The SMILES string of the molecule is CC(C)(S)C1COC2C1OC[C@@H]2C(C)(C)C. The first-order valence-corrected chi connectivity index (χ1v) is 6.61. The Morgan fingerprint density at radius 1 is 0.875 bits per heavy atom. The number of thiol groups is 1. The Balaban J connectivity index is 2.13. The highest BCUT2D eigenvalue weighted by molar-refractivity contribution is 7.81. The van der Waals surface area contributed by atoms with E-state index in [1.807, 2.05) is 0 Å². The van der Waals surface area contributed by atoms with Crippen molar-refractivity contribution >= 4 is 12.6 Å². The van der Waals surface area contributed by atoms with Crippen LogP contribution in [0.25, 0.3) is 0 Å². The molecule has 2 aliphatic rings. The van der Waals surface area contributed by atoms with Crippen LogP contribution in [0, 0.1) is 17.3 Å². The Bertz CT molecular complexity index is 236. The summed E-state index contributed by atoms with van der Waals surface area (Å²) in [5.74, 6) is 0.923. The van der Waals surface area contributed by atoms with Gasteiger partial charge >= 0.3 is 0 Å². The van der Waals surface area contributed by atoms with Crippen LogP contribution in [-0.4, -0.2) is 30.2 Å². The summed E-state index contributed by atoms with van der Waals surface area (Å²) in [6, 6.07) is 0. The van der Waals surface area contributed by atoms with Crippen molar-refractivity contribution in [3.05, 3.63) is 0 Å². The lowest BCUT2D eigenvalue weighted by molar-refractivity contribution is 0.0329. The minimum atomic E-state index is -0.0216. The molecule has 2 saturated heterocycles. The van der Waals surface area contributed by atoms with Crippen molar-refractivity contribution < 1.29 is 9.47 Å². The second kappa shape index (κ2) is 3.89. The van der Waals surface area contributed by atoms with Crippen molar-refractivity contribution in [2.24, 2.45) is 17.3 Å². The van der Waals surface area contributed by atoms with Crippen molar-refractivity contribution in [3.8, 4) is 0 Å². The van der Waals surface area contributed by atoms with Gasteiger partial charge in [0.1, 0.15) is 0 Å². The molecule has 3 heteroatoms. The summed E-state index contributed by atoms with van der Waals surface area (Å²) in [6.07, 6.45) is 0.521. The molecule has 2 rings (SSSR count). The normalized spacial score (nSPS) is 40.1. The summed E-state index contributed by atoms with van der Waals surface area (Å²) >= 11 is 4.67. The third-order valence-electron chi connectivity index (χ3n) is 4.07. The molecule has 0 aromatic carbocycles. The monoisotopic (exact) mass is 244 g/mol. The van der Waals surface area contributed by atoms with Crippen LogP contribution in [-0.2, 0) is 9.47 Å². The van der Waals surface area contributed by atoms with E-state index in [-0.39, 0.29) is 22.4 Å². The van der Waals surface area contributed by atoms with Gasteiger partial charge in [-0.25, -0.2) is 0 Å². The fraction of sp³-hybridized carbons (Fsp3) is 1.00. The molecule has 2 fully saturated rings. The average Bonchev–Trinajstić information content (AvgIpc) is 2.54. The third-order valence-corrected chi connectivity index (χ3v) is 4.40. The van der Waals surface area contributed by atoms with E-state index < -0.39 is 0 Å². The second-order valence-electron chi connectivity index (χ2n) is 6.83. The lowest BCUT2D eigenvalue weighted by Crippen LogP contribution is -2.38. The Labute approximate surface area is 104 Å². The maximum Gasteiger partial charge on any atom is 0.0903 e. The molecule has 16 heavy (non-hydrogen) atoms. The molecule has 0 aromatic heterocycles. The molecule has 0 amide bonds. The predicted molar refractivity (Wildman–Crippen MR) is 69.0 cm³/mol. The minimum Gasteiger partial charge on any atom is -0.375 e. The van der Waals surface area contributed by atoms with E-state index in [0.717, 1.165) is 13.2 Å². The van der Waals surface area contributed by atoms with Crippen LogP contribution in [0.2, 0.25) is 0 Å². The molecule has 0 aliphatic carbocycles. The highest BCUT2D eigenvalue weighted by Crippen LogP contribution is 2.46. The Morgan fingerprint density at radius 2 is 1.31 bits per heavy atom. The summed E-state index contributed by atoms with van der Waals surface area (Å²) in [7, 11) is 0. The number of hydrogen-bond acceptors (Lipinski definition) is 3. The first-order valence-electron chi connectivity index (χ1n) is 6.17. The highest BCUT2D eigenvalue weighted by atomic mass is 32.1. The molecule has 0 radical (unpaired) electrons. The fourth-order valence-electron chi connectivity index (χ4n) is 2.85. The van der Waals surface area contributed by atoms with Gasteiger partial charge in [-0.15, -0.1) is 0 Å². The van der Waals surface area contributed by atoms with E-state index in [1.165, 1.54) is 0 Å². The van der Waals surface area contributed by atoms with Gasteiger partial charge in [-0.05, 0) is 5.41 Å². The zero-order valence-corrected chi connectivity index (χ0v) is 11.9. The van der Waals surface area contributed by atoms with Gasteiger partial charge in [0.25, 0.3) is 0 Å². The zero-order valence-electron chi connectivity index (χ0n) is 11.0. The quantitative estimate of drug-likeness (QED) is 0.715. The molecule has 0 saturated carbocycles. The molecule has 2 heterocycles. The lowest BCUT2D eigenvalue weighted by Gasteiger charge is -2.30. The lowest BCUT2D eigenvalue weighted by atomic mass is 9.76. The Kier molecular flexibility index (Phi) is 3.09. The van der Waals surface area contributed by atoms with Gasteiger partial charge in [-0.2, -0.15) is 12.6 Å². The van der Waals surface area contributed by atoms with Gasteiger partial charge in [-0.3, -0.25) is 0 Å². The van der Waals surface area contributed by atoms with Gasteiger partial charge in [-0.1, -0.05) is 34.6 Å². The van der Waals surface area contributed by atoms with Crippen molar-refractivity contribution in [1.82, 2.24) is 0 Å². The molecule has 4 atom stereocenters. The molecule has 0 bridgehead atoms. The molecule has 2 nitrogen and oxygen atoms in total. The number of ether oxygens (including phenoxy) is 2. The maximum absolute atomic E-state index is 5.98. The first kappa shape index (κ1) is 12.7. The molecular weight excluding hydrogens is 220 g/mol. The standard InChI is InChI=1S/C13H24O2S/c1-12(2,3)8-6-14-11-9(13(4,5)16)7-15-10(8)11/h8-11,16H,6-7H2,1-5H3/t8-,9?,10?,11?/m0/s1. The van der Waals surface area contributed by atoms with Crippen molar-refractivity contribution in [2.75, 3.05) is 13.2 Å².